The average molecular weight is 146 g/mol. The Morgan fingerprint density at radius 2 is 2.44 bits per heavy atom. The van der Waals surface area contributed by atoms with Crippen LogP contribution >= 0.6 is 11.8 Å². The molecule has 0 amide bonds. The van der Waals surface area contributed by atoms with E-state index in [0.29, 0.717) is 6.54 Å². The van der Waals surface area contributed by atoms with Gasteiger partial charge in [-0.25, -0.2) is 0 Å². The van der Waals surface area contributed by atoms with Crippen molar-refractivity contribution < 1.29 is 4.79 Å². The summed E-state index contributed by atoms with van der Waals surface area (Å²) in [5.74, 6) is 0.868. The Morgan fingerprint density at radius 1 is 1.78 bits per heavy atom. The predicted molar refractivity (Wildman–Crippen MR) is 41.1 cm³/mol. The minimum atomic E-state index is 0.181. The van der Waals surface area contributed by atoms with Gasteiger partial charge in [-0.05, 0) is 19.4 Å². The molecule has 0 fully saturated rings. The Kier molecular flexibility index (Phi) is 6.09. The summed E-state index contributed by atoms with van der Waals surface area (Å²) in [6.45, 7) is 2.19. The fourth-order valence-corrected chi connectivity index (χ4v) is 0.976. The summed E-state index contributed by atoms with van der Waals surface area (Å²) in [5, 5.41) is 0.181. The van der Waals surface area contributed by atoms with Crippen LogP contribution in [-0.4, -0.2) is 17.4 Å². The zero-order chi connectivity index (χ0) is 7.11. The van der Waals surface area contributed by atoms with E-state index in [0.717, 1.165) is 12.2 Å². The maximum Gasteiger partial charge on any atom is 0.185 e. The molecule has 0 aromatic rings. The molecule has 0 rings (SSSR count). The monoisotopic (exact) mass is 146 g/mol. The van der Waals surface area contributed by atoms with Crippen LogP contribution < -0.4 is 5.73 Å². The van der Waals surface area contributed by atoms with E-state index < -0.39 is 0 Å². The summed E-state index contributed by atoms with van der Waals surface area (Å²) in [4.78, 5) is 10.3. The van der Waals surface area contributed by atoms with Crippen molar-refractivity contribution in [3.8, 4) is 0 Å². The fraction of sp³-hybridized carbons (Fsp3) is 0.667. The van der Waals surface area contributed by atoms with Crippen molar-refractivity contribution in [1.29, 1.82) is 0 Å². The molecule has 0 unspecified atom stereocenters. The van der Waals surface area contributed by atoms with E-state index in [1.54, 1.807) is 6.92 Å². The second-order valence-corrected chi connectivity index (χ2v) is 2.92. The molecule has 0 aliphatic heterocycles. The van der Waals surface area contributed by atoms with E-state index >= 15 is 0 Å². The van der Waals surface area contributed by atoms with E-state index in [-0.39, 0.29) is 5.12 Å². The van der Waals surface area contributed by atoms with Crippen LogP contribution in [0.15, 0.2) is 0 Å². The van der Waals surface area contributed by atoms with Crippen LogP contribution in [0.2, 0.25) is 0 Å². The maximum atomic E-state index is 10.3. The minimum absolute atomic E-state index is 0.181. The lowest BCUT2D eigenvalue weighted by molar-refractivity contribution is -0.109. The summed E-state index contributed by atoms with van der Waals surface area (Å²) >= 11 is 1.35. The van der Waals surface area contributed by atoms with E-state index in [4.69, 9.17) is 5.73 Å². The summed E-state index contributed by atoms with van der Waals surface area (Å²) in [6, 6.07) is 0. The van der Waals surface area contributed by atoms with Crippen LogP contribution in [0.4, 0.5) is 0 Å². The summed E-state index contributed by atoms with van der Waals surface area (Å²) < 4.78 is 0. The molecule has 53 valence electrons. The summed E-state index contributed by atoms with van der Waals surface area (Å²) in [6.07, 6.45) is 2.90. The maximum absolute atomic E-state index is 10.3. The Labute approximate surface area is 60.2 Å². The number of thioether (sulfide) groups is 1. The highest BCUT2D eigenvalue weighted by Crippen LogP contribution is 2.03. The molecule has 1 radical (unpaired) electrons. The smallest absolute Gasteiger partial charge is 0.185 e. The summed E-state index contributed by atoms with van der Waals surface area (Å²) in [5.41, 5.74) is 5.20. The molecule has 0 aromatic carbocycles. The van der Waals surface area contributed by atoms with Crippen molar-refractivity contribution in [2.75, 3.05) is 12.3 Å². The standard InChI is InChI=1S/C6H12NOS/c1-6(8)9-5-3-2-4-7/h2H,3-5,7H2,1H3. The molecule has 0 bridgehead atoms. The first kappa shape index (κ1) is 8.98. The Bertz CT molecular complexity index is 85.1. The van der Waals surface area contributed by atoms with Gasteiger partial charge in [-0.15, -0.1) is 0 Å². The van der Waals surface area contributed by atoms with Crippen LogP contribution in [0.25, 0.3) is 0 Å². The minimum Gasteiger partial charge on any atom is -0.330 e. The lowest BCUT2D eigenvalue weighted by Gasteiger charge is -1.93. The number of hydrogen-bond donors (Lipinski definition) is 1. The van der Waals surface area contributed by atoms with Gasteiger partial charge in [0.2, 0.25) is 0 Å². The molecule has 2 nitrogen and oxygen atoms in total. The van der Waals surface area contributed by atoms with Crippen molar-refractivity contribution in [1.82, 2.24) is 0 Å². The van der Waals surface area contributed by atoms with Crippen LogP contribution in [0.5, 0.6) is 0 Å². The number of carbonyl (C=O) groups excluding carboxylic acids is 1. The Balaban J connectivity index is 2.83. The Morgan fingerprint density at radius 3 is 2.89 bits per heavy atom. The highest BCUT2D eigenvalue weighted by molar-refractivity contribution is 8.13. The molecule has 0 heterocycles. The number of unbranched alkanes of at least 4 members (excludes halogenated alkanes) is 1. The van der Waals surface area contributed by atoms with Crippen LogP contribution in [0.1, 0.15) is 13.3 Å². The summed E-state index contributed by atoms with van der Waals surface area (Å²) in [7, 11) is 0. The normalized spacial score (nSPS) is 9.56. The highest BCUT2D eigenvalue weighted by Gasteiger charge is 1.91. The van der Waals surface area contributed by atoms with Crippen LogP contribution in [0.3, 0.4) is 0 Å². The van der Waals surface area contributed by atoms with Crippen LogP contribution in [-0.2, 0) is 4.79 Å². The predicted octanol–water partition coefficient (Wildman–Crippen LogP) is 0.819. The van der Waals surface area contributed by atoms with Crippen molar-refractivity contribution in [3.63, 3.8) is 0 Å². The first-order valence-electron chi connectivity index (χ1n) is 2.92. The molecule has 0 aromatic heterocycles. The first-order chi connectivity index (χ1) is 4.27. The van der Waals surface area contributed by atoms with Gasteiger partial charge in [0.1, 0.15) is 0 Å². The first-order valence-corrected chi connectivity index (χ1v) is 3.91. The molecule has 0 saturated carbocycles. The zero-order valence-electron chi connectivity index (χ0n) is 5.59. The third kappa shape index (κ3) is 7.98. The van der Waals surface area contributed by atoms with Crippen molar-refractivity contribution in [2.45, 2.75) is 13.3 Å². The number of hydrogen-bond acceptors (Lipinski definition) is 3. The second kappa shape index (κ2) is 6.11. The molecule has 3 heteroatoms. The van der Waals surface area contributed by atoms with Gasteiger partial charge in [0, 0.05) is 12.7 Å². The molecule has 0 aliphatic carbocycles. The third-order valence-electron chi connectivity index (χ3n) is 0.794. The zero-order valence-corrected chi connectivity index (χ0v) is 6.41. The van der Waals surface area contributed by atoms with Gasteiger partial charge >= 0.3 is 0 Å². The van der Waals surface area contributed by atoms with E-state index in [9.17, 15) is 4.79 Å². The highest BCUT2D eigenvalue weighted by atomic mass is 32.2. The molecule has 0 aliphatic rings. The Hall–Kier alpha value is -0.0200. The molecule has 0 atom stereocenters. The second-order valence-electron chi connectivity index (χ2n) is 1.65. The van der Waals surface area contributed by atoms with E-state index in [1.165, 1.54) is 11.8 Å². The van der Waals surface area contributed by atoms with Gasteiger partial charge in [0.25, 0.3) is 0 Å². The van der Waals surface area contributed by atoms with Gasteiger partial charge in [0.15, 0.2) is 5.12 Å². The lowest BCUT2D eigenvalue weighted by Crippen LogP contribution is -2.00. The van der Waals surface area contributed by atoms with Crippen molar-refractivity contribution >= 4 is 16.9 Å². The van der Waals surface area contributed by atoms with E-state index in [2.05, 4.69) is 0 Å². The molecule has 0 spiro atoms. The number of rotatable bonds is 4. The van der Waals surface area contributed by atoms with Gasteiger partial charge in [-0.1, -0.05) is 11.8 Å². The molecular weight excluding hydrogens is 134 g/mol. The molecule has 9 heavy (non-hydrogen) atoms. The van der Waals surface area contributed by atoms with Gasteiger partial charge in [-0.2, -0.15) is 0 Å². The quantitative estimate of drug-likeness (QED) is 0.597. The molecular formula is C6H12NOS. The number of carbonyl (C=O) groups is 1. The third-order valence-corrected chi connectivity index (χ3v) is 1.64. The largest absolute Gasteiger partial charge is 0.330 e. The number of nitrogens with two attached hydrogens (primary N) is 1. The topological polar surface area (TPSA) is 43.1 Å². The van der Waals surface area contributed by atoms with E-state index in [1.807, 2.05) is 6.42 Å². The van der Waals surface area contributed by atoms with Gasteiger partial charge < -0.3 is 5.73 Å². The van der Waals surface area contributed by atoms with Crippen molar-refractivity contribution in [2.24, 2.45) is 5.73 Å². The lowest BCUT2D eigenvalue weighted by atomic mass is 10.3. The molecule has 0 saturated heterocycles. The fourth-order valence-electron chi connectivity index (χ4n) is 0.404. The van der Waals surface area contributed by atoms with Gasteiger partial charge in [0.05, 0.1) is 0 Å². The SMILES string of the molecule is CC(=O)SCC[CH]CN. The molecule has 2 N–H and O–H groups in total. The van der Waals surface area contributed by atoms with Gasteiger partial charge in [-0.3, -0.25) is 4.79 Å². The average Bonchev–Trinajstić information content (AvgIpc) is 1.80. The van der Waals surface area contributed by atoms with Crippen molar-refractivity contribution in [3.05, 3.63) is 6.42 Å². The van der Waals surface area contributed by atoms with Crippen LogP contribution in [0, 0.1) is 6.42 Å².